The van der Waals surface area contributed by atoms with Crippen LogP contribution in [0.5, 0.6) is 0 Å². The van der Waals surface area contributed by atoms with Crippen LogP contribution in [0.2, 0.25) is 0 Å². The summed E-state index contributed by atoms with van der Waals surface area (Å²) in [7, 11) is 0. The molecule has 1 aromatic rings. The Hall–Kier alpha value is -1.09. The molecule has 1 fully saturated rings. The van der Waals surface area contributed by atoms with Crippen molar-refractivity contribution in [2.45, 2.75) is 60.0 Å². The Kier molecular flexibility index (Phi) is 5.63. The predicted octanol–water partition coefficient (Wildman–Crippen LogP) is 3.76. The molecule has 1 aromatic heterocycles. The normalized spacial score (nSPS) is 17.0. The van der Waals surface area contributed by atoms with Crippen LogP contribution >= 0.6 is 0 Å². The molecule has 0 unspecified atom stereocenters. The first-order valence-electron chi connectivity index (χ1n) is 8.41. The first kappa shape index (κ1) is 16.3. The Morgan fingerprint density at radius 1 is 1.24 bits per heavy atom. The summed E-state index contributed by atoms with van der Waals surface area (Å²) in [5.74, 6) is 2.88. The van der Waals surface area contributed by atoms with E-state index in [2.05, 4.69) is 50.9 Å². The van der Waals surface area contributed by atoms with Crippen molar-refractivity contribution in [1.82, 2.24) is 10.3 Å². The standard InChI is InChI=1S/C18H31N3/c1-13(2)17-6-8-21(9-7-17)18-15(5)10-16(12-20-18)11-19-14(3)4/h10,12-14,17,19H,6-9,11H2,1-5H3. The van der Waals surface area contributed by atoms with Crippen molar-refractivity contribution in [3.63, 3.8) is 0 Å². The molecule has 1 N–H and O–H groups in total. The second kappa shape index (κ2) is 7.26. The number of pyridine rings is 1. The molecule has 2 rings (SSSR count). The van der Waals surface area contributed by atoms with E-state index in [1.54, 1.807) is 0 Å². The first-order chi connectivity index (χ1) is 9.97. The molecule has 0 saturated carbocycles. The second-order valence-corrected chi connectivity index (χ2v) is 7.09. The third kappa shape index (κ3) is 4.44. The number of rotatable bonds is 5. The van der Waals surface area contributed by atoms with Gasteiger partial charge in [0.25, 0.3) is 0 Å². The lowest BCUT2D eigenvalue weighted by Crippen LogP contribution is -2.36. The maximum atomic E-state index is 4.74. The van der Waals surface area contributed by atoms with Gasteiger partial charge < -0.3 is 10.2 Å². The lowest BCUT2D eigenvalue weighted by Gasteiger charge is -2.35. The van der Waals surface area contributed by atoms with E-state index >= 15 is 0 Å². The summed E-state index contributed by atoms with van der Waals surface area (Å²) >= 11 is 0. The van der Waals surface area contributed by atoms with E-state index in [9.17, 15) is 0 Å². The van der Waals surface area contributed by atoms with Crippen molar-refractivity contribution < 1.29 is 0 Å². The second-order valence-electron chi connectivity index (χ2n) is 7.09. The minimum Gasteiger partial charge on any atom is -0.356 e. The van der Waals surface area contributed by atoms with Gasteiger partial charge >= 0.3 is 0 Å². The average Bonchev–Trinajstić information content (AvgIpc) is 2.45. The van der Waals surface area contributed by atoms with Crippen LogP contribution in [0.1, 0.15) is 51.7 Å². The highest BCUT2D eigenvalue weighted by Gasteiger charge is 2.23. The van der Waals surface area contributed by atoms with E-state index in [1.165, 1.54) is 29.8 Å². The number of anilines is 1. The number of aromatic nitrogens is 1. The molecule has 1 aliphatic rings. The maximum absolute atomic E-state index is 4.74. The summed E-state index contributed by atoms with van der Waals surface area (Å²) in [6, 6.07) is 2.80. The Labute approximate surface area is 130 Å². The summed E-state index contributed by atoms with van der Waals surface area (Å²) < 4.78 is 0. The minimum atomic E-state index is 0.514. The van der Waals surface area contributed by atoms with Gasteiger partial charge in [-0.2, -0.15) is 0 Å². The fraction of sp³-hybridized carbons (Fsp3) is 0.722. The third-order valence-corrected chi connectivity index (χ3v) is 4.60. The number of nitrogens with zero attached hydrogens (tertiary/aromatic N) is 2. The highest BCUT2D eigenvalue weighted by molar-refractivity contribution is 5.47. The summed E-state index contributed by atoms with van der Waals surface area (Å²) in [6.07, 6.45) is 4.64. The van der Waals surface area contributed by atoms with Crippen LogP contribution in [0, 0.1) is 18.8 Å². The van der Waals surface area contributed by atoms with Gasteiger partial charge in [-0.15, -0.1) is 0 Å². The van der Waals surface area contributed by atoms with Crippen LogP contribution in [0.3, 0.4) is 0 Å². The quantitative estimate of drug-likeness (QED) is 0.894. The van der Waals surface area contributed by atoms with E-state index in [4.69, 9.17) is 4.98 Å². The molecule has 1 saturated heterocycles. The fourth-order valence-electron chi connectivity index (χ4n) is 3.15. The molecule has 3 nitrogen and oxygen atoms in total. The van der Waals surface area contributed by atoms with Gasteiger partial charge in [-0.3, -0.25) is 0 Å². The van der Waals surface area contributed by atoms with Gasteiger partial charge in [0.05, 0.1) is 0 Å². The van der Waals surface area contributed by atoms with Crippen LogP contribution in [0.25, 0.3) is 0 Å². The van der Waals surface area contributed by atoms with Gasteiger partial charge in [0.15, 0.2) is 0 Å². The Morgan fingerprint density at radius 2 is 1.90 bits per heavy atom. The lowest BCUT2D eigenvalue weighted by molar-refractivity contribution is 0.310. The molecule has 21 heavy (non-hydrogen) atoms. The predicted molar refractivity (Wildman–Crippen MR) is 90.7 cm³/mol. The van der Waals surface area contributed by atoms with Crippen LogP contribution < -0.4 is 10.2 Å². The third-order valence-electron chi connectivity index (χ3n) is 4.60. The molecule has 0 spiro atoms. The van der Waals surface area contributed by atoms with Crippen molar-refractivity contribution >= 4 is 5.82 Å². The van der Waals surface area contributed by atoms with Crippen molar-refractivity contribution in [2.24, 2.45) is 11.8 Å². The topological polar surface area (TPSA) is 28.2 Å². The molecular formula is C18H31N3. The number of hydrogen-bond acceptors (Lipinski definition) is 3. The highest BCUT2D eigenvalue weighted by Crippen LogP contribution is 2.28. The molecule has 0 aromatic carbocycles. The zero-order chi connectivity index (χ0) is 15.4. The minimum absolute atomic E-state index is 0.514. The summed E-state index contributed by atoms with van der Waals surface area (Å²) in [4.78, 5) is 7.20. The largest absolute Gasteiger partial charge is 0.356 e. The Morgan fingerprint density at radius 3 is 2.43 bits per heavy atom. The fourth-order valence-corrected chi connectivity index (χ4v) is 3.15. The van der Waals surface area contributed by atoms with Crippen molar-refractivity contribution in [3.05, 3.63) is 23.4 Å². The van der Waals surface area contributed by atoms with Crippen LogP contribution in [0.4, 0.5) is 5.82 Å². The lowest BCUT2D eigenvalue weighted by atomic mass is 9.86. The molecular weight excluding hydrogens is 258 g/mol. The number of piperidine rings is 1. The summed E-state index contributed by atoms with van der Waals surface area (Å²) in [5, 5.41) is 3.45. The van der Waals surface area contributed by atoms with Gasteiger partial charge in [0, 0.05) is 31.9 Å². The molecule has 0 atom stereocenters. The van der Waals surface area contributed by atoms with E-state index < -0.39 is 0 Å². The zero-order valence-corrected chi connectivity index (χ0v) is 14.3. The highest BCUT2D eigenvalue weighted by atomic mass is 15.2. The first-order valence-corrected chi connectivity index (χ1v) is 8.41. The van der Waals surface area contributed by atoms with Crippen LogP contribution in [0.15, 0.2) is 12.3 Å². The Balaban J connectivity index is 1.98. The van der Waals surface area contributed by atoms with Gasteiger partial charge in [0.1, 0.15) is 5.82 Å². The van der Waals surface area contributed by atoms with Crippen LogP contribution in [-0.2, 0) is 6.54 Å². The van der Waals surface area contributed by atoms with Crippen LogP contribution in [-0.4, -0.2) is 24.1 Å². The van der Waals surface area contributed by atoms with Gasteiger partial charge in [-0.05, 0) is 48.8 Å². The van der Waals surface area contributed by atoms with Crippen molar-refractivity contribution in [2.75, 3.05) is 18.0 Å². The summed E-state index contributed by atoms with van der Waals surface area (Å²) in [5.41, 5.74) is 2.59. The molecule has 1 aliphatic heterocycles. The molecule has 0 amide bonds. The summed E-state index contributed by atoms with van der Waals surface area (Å²) in [6.45, 7) is 14.4. The molecule has 0 aliphatic carbocycles. The van der Waals surface area contributed by atoms with Gasteiger partial charge in [0.2, 0.25) is 0 Å². The molecule has 0 bridgehead atoms. The van der Waals surface area contributed by atoms with E-state index in [-0.39, 0.29) is 0 Å². The number of nitrogens with one attached hydrogen (secondary N) is 1. The SMILES string of the molecule is Cc1cc(CNC(C)C)cnc1N1CCC(C(C)C)CC1. The number of hydrogen-bond donors (Lipinski definition) is 1. The molecule has 0 radical (unpaired) electrons. The maximum Gasteiger partial charge on any atom is 0.131 e. The molecule has 3 heteroatoms. The van der Waals surface area contributed by atoms with E-state index in [0.29, 0.717) is 6.04 Å². The number of aryl methyl sites for hydroxylation is 1. The molecule has 118 valence electrons. The van der Waals surface area contributed by atoms with Gasteiger partial charge in [-0.25, -0.2) is 4.98 Å². The smallest absolute Gasteiger partial charge is 0.131 e. The van der Waals surface area contributed by atoms with Gasteiger partial charge in [-0.1, -0.05) is 27.7 Å². The average molecular weight is 289 g/mol. The molecule has 2 heterocycles. The van der Waals surface area contributed by atoms with Crippen molar-refractivity contribution in [1.29, 1.82) is 0 Å². The Bertz CT molecular complexity index is 446. The zero-order valence-electron chi connectivity index (χ0n) is 14.3. The van der Waals surface area contributed by atoms with E-state index in [1.807, 2.05) is 6.20 Å². The monoisotopic (exact) mass is 289 g/mol. The van der Waals surface area contributed by atoms with E-state index in [0.717, 1.165) is 31.5 Å². The van der Waals surface area contributed by atoms with Crippen molar-refractivity contribution in [3.8, 4) is 0 Å².